The second kappa shape index (κ2) is 6.46. The minimum atomic E-state index is -0.287. The van der Waals surface area contributed by atoms with Crippen molar-refractivity contribution in [2.24, 2.45) is 0 Å². The summed E-state index contributed by atoms with van der Waals surface area (Å²) in [5.41, 5.74) is 3.92. The highest BCUT2D eigenvalue weighted by molar-refractivity contribution is 6.11. The maximum absolute atomic E-state index is 13.1. The maximum Gasteiger partial charge on any atom is 0.278 e. The van der Waals surface area contributed by atoms with Crippen LogP contribution in [0.25, 0.3) is 0 Å². The molecule has 0 unspecified atom stereocenters. The summed E-state index contributed by atoms with van der Waals surface area (Å²) in [5.74, 6) is 0.245. The van der Waals surface area contributed by atoms with Crippen LogP contribution in [0.4, 0.5) is 11.6 Å². The van der Waals surface area contributed by atoms with Gasteiger partial charge in [-0.05, 0) is 35.7 Å². The van der Waals surface area contributed by atoms with Gasteiger partial charge in [-0.3, -0.25) is 24.2 Å². The van der Waals surface area contributed by atoms with Crippen molar-refractivity contribution in [1.29, 1.82) is 0 Å². The van der Waals surface area contributed by atoms with E-state index in [0.29, 0.717) is 48.2 Å². The van der Waals surface area contributed by atoms with Gasteiger partial charge in [0.15, 0.2) is 0 Å². The van der Waals surface area contributed by atoms with Crippen LogP contribution in [0.15, 0.2) is 48.5 Å². The monoisotopic (exact) mass is 411 g/mol. The molecule has 0 radical (unpaired) electrons. The van der Waals surface area contributed by atoms with Crippen LogP contribution in [-0.2, 0) is 19.5 Å². The number of hydrogen-bond acceptors (Lipinski definition) is 5. The molecule has 2 aromatic heterocycles. The van der Waals surface area contributed by atoms with Crippen molar-refractivity contribution in [2.75, 3.05) is 16.3 Å². The third kappa shape index (κ3) is 2.64. The van der Waals surface area contributed by atoms with Gasteiger partial charge in [0, 0.05) is 17.7 Å². The average molecular weight is 411 g/mol. The van der Waals surface area contributed by atoms with Gasteiger partial charge < -0.3 is 5.32 Å². The smallest absolute Gasteiger partial charge is 0.278 e. The summed E-state index contributed by atoms with van der Waals surface area (Å²) in [6, 6.07) is 14.7. The molecule has 8 nitrogen and oxygen atoms in total. The molecule has 0 saturated heterocycles. The second-order valence-corrected chi connectivity index (χ2v) is 7.80. The number of amides is 3. The Bertz CT molecular complexity index is 1300. The Labute approximate surface area is 177 Å². The summed E-state index contributed by atoms with van der Waals surface area (Å²) in [6.07, 6.45) is 0.722. The number of pyridine rings is 2. The van der Waals surface area contributed by atoms with Crippen molar-refractivity contribution in [2.45, 2.75) is 19.5 Å². The molecule has 3 amide bonds. The van der Waals surface area contributed by atoms with Crippen molar-refractivity contribution < 1.29 is 14.4 Å². The fourth-order valence-electron chi connectivity index (χ4n) is 4.36. The molecule has 31 heavy (non-hydrogen) atoms. The van der Waals surface area contributed by atoms with E-state index in [1.165, 1.54) is 4.90 Å². The number of nitrogens with zero attached hydrogens (tertiary/aromatic N) is 4. The third-order valence-electron chi connectivity index (χ3n) is 5.97. The van der Waals surface area contributed by atoms with Gasteiger partial charge in [0.25, 0.3) is 17.7 Å². The Morgan fingerprint density at radius 2 is 1.39 bits per heavy atom. The van der Waals surface area contributed by atoms with Gasteiger partial charge in [-0.15, -0.1) is 0 Å². The summed E-state index contributed by atoms with van der Waals surface area (Å²) in [4.78, 5) is 50.1. The van der Waals surface area contributed by atoms with Crippen LogP contribution < -0.4 is 15.1 Å². The number of aromatic nitrogens is 2. The molecule has 1 N–H and O–H groups in total. The van der Waals surface area contributed by atoms with E-state index in [1.807, 2.05) is 30.3 Å². The molecule has 5 heterocycles. The molecule has 0 bridgehead atoms. The Balaban J connectivity index is 1.32. The Kier molecular flexibility index (Phi) is 3.70. The lowest BCUT2D eigenvalue weighted by Gasteiger charge is -2.19. The molecule has 0 atom stereocenters. The number of hydrogen-bond donors (Lipinski definition) is 1. The first kappa shape index (κ1) is 17.8. The quantitative estimate of drug-likeness (QED) is 0.697. The first-order valence-electron chi connectivity index (χ1n) is 10.1. The standard InChI is InChI=1S/C23H17N5O3/c29-21-19-13(9-10-24-21)5-7-17(25-19)28-12-15-6-8-18(26-20(15)23(28)31)27-11-14-3-1-2-4-16(14)22(27)30/h1-8H,9-12H2,(H,24,29). The Hall–Kier alpha value is -4.07. The fraction of sp³-hybridized carbons (Fsp3) is 0.174. The molecule has 6 rings (SSSR count). The molecular weight excluding hydrogens is 394 g/mol. The molecule has 0 saturated carbocycles. The lowest BCUT2D eigenvalue weighted by molar-refractivity contribution is 0.0937. The number of carbonyl (C=O) groups excluding carboxylic acids is 3. The van der Waals surface area contributed by atoms with Crippen molar-refractivity contribution in [3.8, 4) is 0 Å². The average Bonchev–Trinajstić information content (AvgIpc) is 3.31. The minimum Gasteiger partial charge on any atom is -0.350 e. The molecule has 0 aliphatic carbocycles. The van der Waals surface area contributed by atoms with Crippen LogP contribution in [0.2, 0.25) is 0 Å². The highest BCUT2D eigenvalue weighted by Gasteiger charge is 2.35. The Morgan fingerprint density at radius 1 is 0.710 bits per heavy atom. The molecule has 152 valence electrons. The van der Waals surface area contributed by atoms with Crippen LogP contribution in [0.1, 0.15) is 48.0 Å². The number of fused-ring (bicyclic) bond motifs is 3. The van der Waals surface area contributed by atoms with Crippen LogP contribution in [0.5, 0.6) is 0 Å². The van der Waals surface area contributed by atoms with Crippen molar-refractivity contribution in [3.05, 3.63) is 82.2 Å². The molecule has 3 aromatic rings. The minimum absolute atomic E-state index is 0.118. The predicted octanol–water partition coefficient (Wildman–Crippen LogP) is 2.08. The number of anilines is 2. The van der Waals surface area contributed by atoms with E-state index in [2.05, 4.69) is 15.3 Å². The molecule has 0 spiro atoms. The second-order valence-electron chi connectivity index (χ2n) is 7.80. The van der Waals surface area contributed by atoms with E-state index in [1.54, 1.807) is 23.1 Å². The summed E-state index contributed by atoms with van der Waals surface area (Å²) in [6.45, 7) is 1.34. The topological polar surface area (TPSA) is 95.5 Å². The van der Waals surface area contributed by atoms with Crippen molar-refractivity contribution >= 4 is 29.4 Å². The van der Waals surface area contributed by atoms with Crippen LogP contribution in [0, 0.1) is 0 Å². The van der Waals surface area contributed by atoms with Crippen LogP contribution >= 0.6 is 0 Å². The number of rotatable bonds is 2. The lowest BCUT2D eigenvalue weighted by Crippen LogP contribution is -2.34. The van der Waals surface area contributed by atoms with Gasteiger partial charge in [0.1, 0.15) is 23.0 Å². The highest BCUT2D eigenvalue weighted by Crippen LogP contribution is 2.32. The van der Waals surface area contributed by atoms with Crippen molar-refractivity contribution in [1.82, 2.24) is 15.3 Å². The number of benzene rings is 1. The zero-order valence-corrected chi connectivity index (χ0v) is 16.5. The molecular formula is C23H17N5O3. The summed E-state index contributed by atoms with van der Waals surface area (Å²) in [7, 11) is 0. The van der Waals surface area contributed by atoms with E-state index in [0.717, 1.165) is 23.1 Å². The van der Waals surface area contributed by atoms with E-state index < -0.39 is 0 Å². The summed E-state index contributed by atoms with van der Waals surface area (Å²) < 4.78 is 0. The number of nitrogens with one attached hydrogen (secondary N) is 1. The predicted molar refractivity (Wildman–Crippen MR) is 112 cm³/mol. The molecule has 1 aromatic carbocycles. The van der Waals surface area contributed by atoms with Gasteiger partial charge in [0.05, 0.1) is 13.1 Å². The summed E-state index contributed by atoms with van der Waals surface area (Å²) >= 11 is 0. The van der Waals surface area contributed by atoms with Gasteiger partial charge >= 0.3 is 0 Å². The molecule has 0 fully saturated rings. The van der Waals surface area contributed by atoms with E-state index in [9.17, 15) is 14.4 Å². The van der Waals surface area contributed by atoms with E-state index >= 15 is 0 Å². The van der Waals surface area contributed by atoms with Gasteiger partial charge in [0.2, 0.25) is 0 Å². The number of carbonyl (C=O) groups is 3. The maximum atomic E-state index is 13.1. The summed E-state index contributed by atoms with van der Waals surface area (Å²) in [5, 5.41) is 2.78. The lowest BCUT2D eigenvalue weighted by atomic mass is 10.1. The third-order valence-corrected chi connectivity index (χ3v) is 5.97. The van der Waals surface area contributed by atoms with E-state index in [-0.39, 0.29) is 17.7 Å². The molecule has 3 aliphatic heterocycles. The molecule has 3 aliphatic rings. The Morgan fingerprint density at radius 3 is 2.19 bits per heavy atom. The van der Waals surface area contributed by atoms with Gasteiger partial charge in [-0.25, -0.2) is 9.97 Å². The highest BCUT2D eigenvalue weighted by atomic mass is 16.2. The van der Waals surface area contributed by atoms with Crippen molar-refractivity contribution in [3.63, 3.8) is 0 Å². The fourth-order valence-corrected chi connectivity index (χ4v) is 4.36. The molecule has 8 heteroatoms. The first-order valence-corrected chi connectivity index (χ1v) is 10.1. The van der Waals surface area contributed by atoms with Gasteiger partial charge in [-0.2, -0.15) is 0 Å². The van der Waals surface area contributed by atoms with Gasteiger partial charge in [-0.1, -0.05) is 30.3 Å². The van der Waals surface area contributed by atoms with Crippen LogP contribution in [-0.4, -0.2) is 34.2 Å². The SMILES string of the molecule is O=C1NCCc2ccc(N3Cc4ccc(N5Cc6ccccc6C5=O)nc4C3=O)nc21. The zero-order chi connectivity index (χ0) is 21.1. The van der Waals surface area contributed by atoms with Crippen LogP contribution in [0.3, 0.4) is 0 Å². The normalized spacial score (nSPS) is 16.8. The largest absolute Gasteiger partial charge is 0.350 e. The zero-order valence-electron chi connectivity index (χ0n) is 16.5. The van der Waals surface area contributed by atoms with E-state index in [4.69, 9.17) is 0 Å². The first-order chi connectivity index (χ1) is 15.1.